The van der Waals surface area contributed by atoms with Gasteiger partial charge < -0.3 is 10.1 Å². The molecule has 0 radical (unpaired) electrons. The summed E-state index contributed by atoms with van der Waals surface area (Å²) in [6.07, 6.45) is -0.719. The first-order valence-electron chi connectivity index (χ1n) is 7.68. The van der Waals surface area contributed by atoms with Gasteiger partial charge in [-0.15, -0.1) is 0 Å². The van der Waals surface area contributed by atoms with Crippen LogP contribution in [-0.2, 0) is 16.1 Å². The fraction of sp³-hybridized carbons (Fsp3) is 0.278. The number of carbonyl (C=O) groups excluding carboxylic acids is 2. The van der Waals surface area contributed by atoms with E-state index in [0.29, 0.717) is 17.2 Å². The Labute approximate surface area is 145 Å². The smallest absolute Gasteiger partial charge is 0.407 e. The molecule has 0 saturated heterocycles. The van der Waals surface area contributed by atoms with Crippen molar-refractivity contribution in [3.8, 4) is 6.07 Å². The van der Waals surface area contributed by atoms with Gasteiger partial charge in [0, 0.05) is 5.69 Å². The molecule has 25 heavy (non-hydrogen) atoms. The highest BCUT2D eigenvalue weighted by molar-refractivity contribution is 5.91. The number of amides is 1. The van der Waals surface area contributed by atoms with E-state index < -0.39 is 17.8 Å². The van der Waals surface area contributed by atoms with E-state index >= 15 is 0 Å². The first kappa shape index (κ1) is 18.1. The Bertz CT molecular complexity index is 779. The van der Waals surface area contributed by atoms with E-state index in [9.17, 15) is 14.9 Å². The van der Waals surface area contributed by atoms with E-state index in [-0.39, 0.29) is 13.2 Å². The number of nitriles is 1. The maximum Gasteiger partial charge on any atom is 0.407 e. The molecule has 128 valence electrons. The van der Waals surface area contributed by atoms with Gasteiger partial charge >= 0.3 is 6.09 Å². The molecule has 0 spiro atoms. The Morgan fingerprint density at radius 1 is 1.24 bits per heavy atom. The van der Waals surface area contributed by atoms with E-state index in [4.69, 9.17) is 4.74 Å². The van der Waals surface area contributed by atoms with Crippen LogP contribution in [0.15, 0.2) is 36.4 Å². The van der Waals surface area contributed by atoms with E-state index in [1.54, 1.807) is 19.9 Å². The summed E-state index contributed by atoms with van der Waals surface area (Å²) in [6, 6.07) is 12.7. The van der Waals surface area contributed by atoms with Crippen molar-refractivity contribution < 1.29 is 14.3 Å². The molecule has 0 saturated carbocycles. The minimum atomic E-state index is -1.06. The van der Waals surface area contributed by atoms with Crippen LogP contribution in [0.25, 0.3) is 0 Å². The van der Waals surface area contributed by atoms with Gasteiger partial charge in [-0.3, -0.25) is 4.79 Å². The Morgan fingerprint density at radius 2 is 1.96 bits per heavy atom. The highest BCUT2D eigenvalue weighted by Gasteiger charge is 2.23. The largest absolute Gasteiger partial charge is 0.445 e. The van der Waals surface area contributed by atoms with Crippen LogP contribution < -0.4 is 5.32 Å². The highest BCUT2D eigenvalue weighted by Crippen LogP contribution is 2.14. The molecule has 7 heteroatoms. The minimum absolute atomic E-state index is 0.104. The van der Waals surface area contributed by atoms with Gasteiger partial charge in [0.05, 0.1) is 18.3 Å². The monoisotopic (exact) mass is 338 g/mol. The summed E-state index contributed by atoms with van der Waals surface area (Å²) in [5.74, 6) is -1.04. The number of Topliss-reactive ketones (excluding diaryl/α,β-unsaturated/α-hetero) is 1. The SMILES string of the molecule is Cc1cc([C@@H](C#N)C(=O)CNC(=O)OCc2ccccc2)nc(C)n1. The van der Waals surface area contributed by atoms with Crippen LogP contribution in [0, 0.1) is 25.2 Å². The summed E-state index contributed by atoms with van der Waals surface area (Å²) in [4.78, 5) is 32.2. The third kappa shape index (κ3) is 5.39. The van der Waals surface area contributed by atoms with Crippen LogP contribution in [0.3, 0.4) is 0 Å². The number of hydrogen-bond donors (Lipinski definition) is 1. The zero-order valence-corrected chi connectivity index (χ0v) is 14.0. The average molecular weight is 338 g/mol. The number of nitrogens with one attached hydrogen (secondary N) is 1. The number of rotatable bonds is 6. The molecule has 0 unspecified atom stereocenters. The molecule has 1 amide bonds. The molecule has 0 bridgehead atoms. The fourth-order valence-electron chi connectivity index (χ4n) is 2.23. The van der Waals surface area contributed by atoms with Gasteiger partial charge in [0.1, 0.15) is 18.3 Å². The molecule has 1 aromatic carbocycles. The van der Waals surface area contributed by atoms with Crippen molar-refractivity contribution in [3.05, 3.63) is 59.2 Å². The van der Waals surface area contributed by atoms with Gasteiger partial charge in [0.15, 0.2) is 5.78 Å². The molecule has 1 aromatic heterocycles. The first-order chi connectivity index (χ1) is 12.0. The Hall–Kier alpha value is -3.27. The maximum atomic E-state index is 12.2. The number of carbonyl (C=O) groups is 2. The molecule has 2 rings (SSSR count). The maximum absolute atomic E-state index is 12.2. The lowest BCUT2D eigenvalue weighted by molar-refractivity contribution is -0.118. The number of hydrogen-bond acceptors (Lipinski definition) is 6. The number of ketones is 1. The van der Waals surface area contributed by atoms with E-state index in [0.717, 1.165) is 5.56 Å². The summed E-state index contributed by atoms with van der Waals surface area (Å²) in [5, 5.41) is 11.6. The molecular formula is C18H18N4O3. The lowest BCUT2D eigenvalue weighted by Gasteiger charge is -2.10. The van der Waals surface area contributed by atoms with Crippen LogP contribution in [0.4, 0.5) is 4.79 Å². The van der Waals surface area contributed by atoms with Gasteiger partial charge in [-0.25, -0.2) is 14.8 Å². The van der Waals surface area contributed by atoms with Gasteiger partial charge in [0.2, 0.25) is 0 Å². The Kier molecular flexibility index (Phi) is 6.18. The summed E-state index contributed by atoms with van der Waals surface area (Å²) in [5.41, 5.74) is 1.84. The number of benzene rings is 1. The molecule has 7 nitrogen and oxygen atoms in total. The molecule has 0 aliphatic rings. The zero-order chi connectivity index (χ0) is 18.2. The number of aromatic nitrogens is 2. The van der Waals surface area contributed by atoms with Crippen molar-refractivity contribution in [2.24, 2.45) is 0 Å². The van der Waals surface area contributed by atoms with Crippen LogP contribution in [0.1, 0.15) is 28.7 Å². The second kappa shape index (κ2) is 8.55. The standard InChI is InChI=1S/C18H18N4O3/c1-12-8-16(22-13(2)21-12)15(9-19)17(23)10-20-18(24)25-11-14-6-4-3-5-7-14/h3-8,15H,10-11H2,1-2H3,(H,20,24)/t15-/m1/s1. The first-order valence-corrected chi connectivity index (χ1v) is 7.68. The van der Waals surface area contributed by atoms with Crippen molar-refractivity contribution in [3.63, 3.8) is 0 Å². The fourth-order valence-corrected chi connectivity index (χ4v) is 2.23. The molecule has 0 aliphatic heterocycles. The number of alkyl carbamates (subject to hydrolysis) is 1. The average Bonchev–Trinajstić information content (AvgIpc) is 2.59. The van der Waals surface area contributed by atoms with Crippen molar-refractivity contribution >= 4 is 11.9 Å². The van der Waals surface area contributed by atoms with Gasteiger partial charge in [-0.2, -0.15) is 5.26 Å². The third-order valence-electron chi connectivity index (χ3n) is 3.35. The lowest BCUT2D eigenvalue weighted by atomic mass is 10.0. The minimum Gasteiger partial charge on any atom is -0.445 e. The van der Waals surface area contributed by atoms with Crippen LogP contribution >= 0.6 is 0 Å². The normalized spacial score (nSPS) is 11.2. The van der Waals surface area contributed by atoms with Crippen molar-refractivity contribution in [2.75, 3.05) is 6.54 Å². The lowest BCUT2D eigenvalue weighted by Crippen LogP contribution is -2.32. The predicted octanol–water partition coefficient (Wildman–Crippen LogP) is 2.20. The van der Waals surface area contributed by atoms with Crippen LogP contribution in [0.5, 0.6) is 0 Å². The van der Waals surface area contributed by atoms with Gasteiger partial charge in [-0.05, 0) is 25.5 Å². The third-order valence-corrected chi connectivity index (χ3v) is 3.35. The number of aryl methyl sites for hydroxylation is 2. The van der Waals surface area contributed by atoms with Gasteiger partial charge in [-0.1, -0.05) is 30.3 Å². The van der Waals surface area contributed by atoms with Crippen LogP contribution in [0.2, 0.25) is 0 Å². The summed E-state index contributed by atoms with van der Waals surface area (Å²) >= 11 is 0. The highest BCUT2D eigenvalue weighted by atomic mass is 16.5. The molecule has 0 aliphatic carbocycles. The Morgan fingerprint density at radius 3 is 2.60 bits per heavy atom. The molecule has 1 N–H and O–H groups in total. The summed E-state index contributed by atoms with van der Waals surface area (Å²) in [6.45, 7) is 3.24. The topological polar surface area (TPSA) is 105 Å². The number of nitrogens with zero attached hydrogens (tertiary/aromatic N) is 3. The van der Waals surface area contributed by atoms with E-state index in [1.807, 2.05) is 36.4 Å². The Balaban J connectivity index is 1.89. The molecule has 1 atom stereocenters. The zero-order valence-electron chi connectivity index (χ0n) is 14.0. The van der Waals surface area contributed by atoms with Crippen molar-refractivity contribution in [1.82, 2.24) is 15.3 Å². The molecular weight excluding hydrogens is 320 g/mol. The van der Waals surface area contributed by atoms with Crippen molar-refractivity contribution in [2.45, 2.75) is 26.4 Å². The second-order valence-electron chi connectivity index (χ2n) is 5.43. The molecule has 1 heterocycles. The van der Waals surface area contributed by atoms with E-state index in [1.165, 1.54) is 0 Å². The van der Waals surface area contributed by atoms with Crippen molar-refractivity contribution in [1.29, 1.82) is 5.26 Å². The summed E-state index contributed by atoms with van der Waals surface area (Å²) in [7, 11) is 0. The summed E-state index contributed by atoms with van der Waals surface area (Å²) < 4.78 is 5.03. The number of ether oxygens (including phenoxy) is 1. The quantitative estimate of drug-likeness (QED) is 0.865. The van der Waals surface area contributed by atoms with Gasteiger partial charge in [0.25, 0.3) is 0 Å². The molecule has 0 fully saturated rings. The second-order valence-corrected chi connectivity index (χ2v) is 5.43. The van der Waals surface area contributed by atoms with E-state index in [2.05, 4.69) is 15.3 Å². The van der Waals surface area contributed by atoms with Crippen LogP contribution in [-0.4, -0.2) is 28.4 Å². The predicted molar refractivity (Wildman–Crippen MR) is 89.5 cm³/mol. The molecule has 2 aromatic rings.